The zero-order valence-electron chi connectivity index (χ0n) is 10.8. The summed E-state index contributed by atoms with van der Waals surface area (Å²) < 4.78 is 5.77. The lowest BCUT2D eigenvalue weighted by Crippen LogP contribution is -2.53. The van der Waals surface area contributed by atoms with E-state index in [9.17, 15) is 4.79 Å². The van der Waals surface area contributed by atoms with E-state index in [0.29, 0.717) is 23.8 Å². The number of carbonyl (C=O) groups is 1. The lowest BCUT2D eigenvalue weighted by atomic mass is 10.1. The van der Waals surface area contributed by atoms with Gasteiger partial charge in [0.15, 0.2) is 0 Å². The second-order valence-electron chi connectivity index (χ2n) is 5.23. The molecule has 0 radical (unpaired) electrons. The van der Waals surface area contributed by atoms with Crippen molar-refractivity contribution in [2.45, 2.75) is 32.5 Å². The van der Waals surface area contributed by atoms with Crippen LogP contribution in [0.2, 0.25) is 5.02 Å². The Labute approximate surface area is 112 Å². The first-order valence-corrected chi connectivity index (χ1v) is 6.34. The van der Waals surface area contributed by atoms with Gasteiger partial charge in [0.25, 0.3) is 5.91 Å². The summed E-state index contributed by atoms with van der Waals surface area (Å²) in [7, 11) is 0. The lowest BCUT2D eigenvalue weighted by Gasteiger charge is -2.41. The number of hydrogen-bond acceptors (Lipinski definition) is 3. The van der Waals surface area contributed by atoms with E-state index in [0.717, 1.165) is 0 Å². The van der Waals surface area contributed by atoms with Crippen LogP contribution in [0.25, 0.3) is 0 Å². The number of amides is 1. The summed E-state index contributed by atoms with van der Waals surface area (Å²) in [5.74, 6) is -0.0966. The number of aromatic nitrogens is 1. The summed E-state index contributed by atoms with van der Waals surface area (Å²) in [6.45, 7) is 7.07. The van der Waals surface area contributed by atoms with Crippen molar-refractivity contribution in [1.29, 1.82) is 0 Å². The summed E-state index contributed by atoms with van der Waals surface area (Å²) in [5, 5.41) is 0.522. The highest BCUT2D eigenvalue weighted by Gasteiger charge is 2.34. The third-order valence-corrected chi connectivity index (χ3v) is 3.03. The van der Waals surface area contributed by atoms with Crippen molar-refractivity contribution in [2.24, 2.45) is 0 Å². The van der Waals surface area contributed by atoms with Crippen LogP contribution in [0, 0.1) is 0 Å². The predicted molar refractivity (Wildman–Crippen MR) is 69.8 cm³/mol. The van der Waals surface area contributed by atoms with E-state index >= 15 is 0 Å². The molecule has 1 unspecified atom stereocenters. The van der Waals surface area contributed by atoms with E-state index in [-0.39, 0.29) is 17.6 Å². The third kappa shape index (κ3) is 3.00. The Morgan fingerprint density at radius 1 is 1.61 bits per heavy atom. The summed E-state index contributed by atoms with van der Waals surface area (Å²) >= 11 is 5.88. The summed E-state index contributed by atoms with van der Waals surface area (Å²) in [5.41, 5.74) is 0.0544. The molecule has 1 aliphatic heterocycles. The summed E-state index contributed by atoms with van der Waals surface area (Å²) in [6.07, 6.45) is 1.57. The Morgan fingerprint density at radius 3 is 2.94 bits per heavy atom. The first-order chi connectivity index (χ1) is 8.37. The monoisotopic (exact) mass is 268 g/mol. The van der Waals surface area contributed by atoms with E-state index in [4.69, 9.17) is 16.3 Å². The topological polar surface area (TPSA) is 42.4 Å². The summed E-state index contributed by atoms with van der Waals surface area (Å²) in [4.78, 5) is 18.2. The Bertz CT molecular complexity index is 462. The van der Waals surface area contributed by atoms with Gasteiger partial charge in [0.2, 0.25) is 0 Å². The van der Waals surface area contributed by atoms with Crippen LogP contribution in [0.1, 0.15) is 31.3 Å². The van der Waals surface area contributed by atoms with Crippen molar-refractivity contribution in [3.63, 3.8) is 0 Å². The van der Waals surface area contributed by atoms with Gasteiger partial charge in [-0.15, -0.1) is 0 Å². The zero-order chi connectivity index (χ0) is 13.3. The predicted octanol–water partition coefficient (Wildman–Crippen LogP) is 2.37. The second-order valence-corrected chi connectivity index (χ2v) is 5.67. The van der Waals surface area contributed by atoms with E-state index in [1.807, 2.05) is 20.8 Å². The molecule has 0 bridgehead atoms. The van der Waals surface area contributed by atoms with Gasteiger partial charge in [0.05, 0.1) is 11.7 Å². The number of nitrogens with zero attached hydrogens (tertiary/aromatic N) is 2. The zero-order valence-corrected chi connectivity index (χ0v) is 11.6. The van der Waals surface area contributed by atoms with Crippen LogP contribution in [-0.4, -0.2) is 40.6 Å². The van der Waals surface area contributed by atoms with Crippen LogP contribution in [-0.2, 0) is 4.74 Å². The number of carbonyl (C=O) groups excluding carboxylic acids is 1. The Morgan fingerprint density at radius 2 is 2.33 bits per heavy atom. The van der Waals surface area contributed by atoms with E-state index in [1.54, 1.807) is 23.2 Å². The maximum Gasteiger partial charge on any atom is 0.272 e. The van der Waals surface area contributed by atoms with E-state index in [2.05, 4.69) is 4.98 Å². The first-order valence-electron chi connectivity index (χ1n) is 5.96. The molecule has 18 heavy (non-hydrogen) atoms. The molecular formula is C13H17ClN2O2. The van der Waals surface area contributed by atoms with E-state index in [1.165, 1.54) is 0 Å². The van der Waals surface area contributed by atoms with Gasteiger partial charge >= 0.3 is 0 Å². The van der Waals surface area contributed by atoms with Gasteiger partial charge in [-0.3, -0.25) is 9.78 Å². The van der Waals surface area contributed by atoms with Crippen LogP contribution >= 0.6 is 11.6 Å². The van der Waals surface area contributed by atoms with Crippen molar-refractivity contribution in [3.05, 3.63) is 29.0 Å². The van der Waals surface area contributed by atoms with Gasteiger partial charge in [-0.2, -0.15) is 0 Å². The van der Waals surface area contributed by atoms with Crippen molar-refractivity contribution < 1.29 is 9.53 Å². The molecule has 4 nitrogen and oxygen atoms in total. The first kappa shape index (κ1) is 13.3. The fourth-order valence-corrected chi connectivity index (χ4v) is 2.45. The van der Waals surface area contributed by atoms with Crippen molar-refractivity contribution in [1.82, 2.24) is 9.88 Å². The molecule has 1 saturated heterocycles. The number of ether oxygens (including phenoxy) is 1. The highest BCUT2D eigenvalue weighted by atomic mass is 35.5. The second kappa shape index (κ2) is 4.86. The Balaban J connectivity index is 2.18. The molecule has 0 aromatic carbocycles. The minimum absolute atomic E-state index is 0.0249. The number of hydrogen-bond donors (Lipinski definition) is 0. The minimum atomic E-state index is -0.327. The molecule has 2 heterocycles. The average Bonchev–Trinajstić information content (AvgIpc) is 2.25. The van der Waals surface area contributed by atoms with Crippen molar-refractivity contribution in [2.75, 3.05) is 13.1 Å². The van der Waals surface area contributed by atoms with Crippen LogP contribution < -0.4 is 0 Å². The SMILES string of the molecule is CC1CN(C(=O)c2cc(Cl)ccn2)CC(C)(C)O1. The van der Waals surface area contributed by atoms with Gasteiger partial charge in [0.1, 0.15) is 5.69 Å². The largest absolute Gasteiger partial charge is 0.369 e. The normalized spacial score (nSPS) is 22.9. The van der Waals surface area contributed by atoms with Gasteiger partial charge in [-0.1, -0.05) is 11.6 Å². The number of pyridine rings is 1. The fraction of sp³-hybridized carbons (Fsp3) is 0.538. The van der Waals surface area contributed by atoms with Crippen molar-refractivity contribution in [3.8, 4) is 0 Å². The van der Waals surface area contributed by atoms with Gasteiger partial charge < -0.3 is 9.64 Å². The molecule has 1 atom stereocenters. The highest BCUT2D eigenvalue weighted by Crippen LogP contribution is 2.22. The quantitative estimate of drug-likeness (QED) is 0.785. The lowest BCUT2D eigenvalue weighted by molar-refractivity contribution is -0.118. The molecule has 0 aliphatic carbocycles. The van der Waals surface area contributed by atoms with E-state index < -0.39 is 0 Å². The molecule has 98 valence electrons. The smallest absolute Gasteiger partial charge is 0.272 e. The highest BCUT2D eigenvalue weighted by molar-refractivity contribution is 6.30. The Hall–Kier alpha value is -1.13. The maximum atomic E-state index is 12.3. The standard InChI is InChI=1S/C13H17ClN2O2/c1-9-7-16(8-13(2,3)18-9)12(17)11-6-10(14)4-5-15-11/h4-6,9H,7-8H2,1-3H3. The van der Waals surface area contributed by atoms with Gasteiger partial charge in [-0.05, 0) is 32.9 Å². The molecule has 5 heteroatoms. The molecule has 1 amide bonds. The van der Waals surface area contributed by atoms with Gasteiger partial charge in [-0.25, -0.2) is 0 Å². The molecule has 1 aliphatic rings. The number of halogens is 1. The number of morpholine rings is 1. The molecule has 2 rings (SSSR count). The van der Waals surface area contributed by atoms with Crippen LogP contribution in [0.15, 0.2) is 18.3 Å². The van der Waals surface area contributed by atoms with Crippen LogP contribution in [0.3, 0.4) is 0 Å². The fourth-order valence-electron chi connectivity index (χ4n) is 2.29. The number of rotatable bonds is 1. The van der Waals surface area contributed by atoms with Crippen LogP contribution in [0.5, 0.6) is 0 Å². The maximum absolute atomic E-state index is 12.3. The average molecular weight is 269 g/mol. The minimum Gasteiger partial charge on any atom is -0.369 e. The molecule has 0 N–H and O–H groups in total. The molecule has 0 spiro atoms. The Kier molecular flexibility index (Phi) is 3.59. The van der Waals surface area contributed by atoms with Crippen LogP contribution in [0.4, 0.5) is 0 Å². The molecule has 1 aromatic rings. The molecule has 1 fully saturated rings. The summed E-state index contributed by atoms with van der Waals surface area (Å²) in [6, 6.07) is 3.25. The molecular weight excluding hydrogens is 252 g/mol. The molecule has 1 aromatic heterocycles. The third-order valence-electron chi connectivity index (χ3n) is 2.80. The van der Waals surface area contributed by atoms with Crippen molar-refractivity contribution >= 4 is 17.5 Å². The molecule has 0 saturated carbocycles. The van der Waals surface area contributed by atoms with Gasteiger partial charge in [0, 0.05) is 24.3 Å².